The molecule has 1 saturated heterocycles. The number of amides is 4. The topological polar surface area (TPSA) is 120 Å². The Kier molecular flexibility index (Phi) is 12.8. The number of hydrogen-bond acceptors (Lipinski definition) is 5. The molecule has 0 aromatic heterocycles. The van der Waals surface area contributed by atoms with E-state index in [1.165, 1.54) is 0 Å². The van der Waals surface area contributed by atoms with Crippen LogP contribution in [0.5, 0.6) is 5.75 Å². The minimum atomic E-state index is -0.875. The van der Waals surface area contributed by atoms with Gasteiger partial charge < -0.3 is 30.7 Å². The number of carbonyl (C=O) groups excluding carboxylic acids is 3. The average molecular weight is 553 g/mol. The molecule has 0 radical (unpaired) electrons. The fraction of sp³-hybridized carbons (Fsp3) is 0.516. The highest BCUT2D eigenvalue weighted by Gasteiger charge is 2.29. The predicted molar refractivity (Wildman–Crippen MR) is 155 cm³/mol. The van der Waals surface area contributed by atoms with E-state index in [1.54, 1.807) is 4.90 Å². The standard InChI is InChI=1S/C31H44N4O5/c1-23(2)20-27(34-31(39)35-17-8-3-4-9-18-35)30(38)33-28(29(37)32-16-19-36)21-24-12-14-26(15-13-24)40-22-25-10-6-5-7-11-25/h5-7,10-15,23,27-28,36H,3-4,8-9,16-22H2,1-2H3,(H,32,37)(H,33,38)(H,34,39)/t27-,28-/m0/s1. The molecule has 1 aliphatic heterocycles. The molecule has 0 aliphatic carbocycles. The number of carbonyl (C=O) groups is 3. The number of aliphatic hydroxyl groups is 1. The molecule has 3 rings (SSSR count). The van der Waals surface area contributed by atoms with Gasteiger partial charge in [-0.2, -0.15) is 0 Å². The summed E-state index contributed by atoms with van der Waals surface area (Å²) in [6.45, 7) is 5.66. The van der Waals surface area contributed by atoms with E-state index in [9.17, 15) is 19.5 Å². The number of urea groups is 1. The summed E-state index contributed by atoms with van der Waals surface area (Å²) in [6.07, 6.45) is 4.81. The number of benzene rings is 2. The highest BCUT2D eigenvalue weighted by atomic mass is 16.5. The Balaban J connectivity index is 1.66. The Morgan fingerprint density at radius 2 is 1.52 bits per heavy atom. The number of rotatable bonds is 13. The smallest absolute Gasteiger partial charge is 0.318 e. The molecule has 40 heavy (non-hydrogen) atoms. The van der Waals surface area contributed by atoms with Crippen LogP contribution < -0.4 is 20.7 Å². The summed E-state index contributed by atoms with van der Waals surface area (Å²) in [6, 6.07) is 15.4. The molecule has 4 amide bonds. The predicted octanol–water partition coefficient (Wildman–Crippen LogP) is 3.40. The third kappa shape index (κ3) is 10.5. The van der Waals surface area contributed by atoms with Gasteiger partial charge in [0.15, 0.2) is 0 Å². The fourth-order valence-corrected chi connectivity index (χ4v) is 4.70. The monoisotopic (exact) mass is 552 g/mol. The number of likely N-dealkylation sites (tertiary alicyclic amines) is 1. The maximum Gasteiger partial charge on any atom is 0.318 e. The molecule has 2 aromatic carbocycles. The van der Waals surface area contributed by atoms with Gasteiger partial charge in [0.1, 0.15) is 24.4 Å². The zero-order chi connectivity index (χ0) is 28.7. The molecule has 1 fully saturated rings. The minimum Gasteiger partial charge on any atom is -0.489 e. The van der Waals surface area contributed by atoms with Crippen molar-refractivity contribution in [2.45, 2.75) is 71.1 Å². The molecule has 1 aliphatic rings. The lowest BCUT2D eigenvalue weighted by molar-refractivity contribution is -0.130. The third-order valence-corrected chi connectivity index (χ3v) is 6.87. The van der Waals surface area contributed by atoms with Crippen molar-refractivity contribution in [3.63, 3.8) is 0 Å². The van der Waals surface area contributed by atoms with E-state index in [2.05, 4.69) is 16.0 Å². The van der Waals surface area contributed by atoms with Crippen molar-refractivity contribution in [2.75, 3.05) is 26.2 Å². The number of aliphatic hydroxyl groups excluding tert-OH is 1. The first-order chi connectivity index (χ1) is 19.4. The first-order valence-corrected chi connectivity index (χ1v) is 14.4. The van der Waals surface area contributed by atoms with Gasteiger partial charge in [-0.3, -0.25) is 9.59 Å². The molecule has 0 saturated carbocycles. The largest absolute Gasteiger partial charge is 0.489 e. The van der Waals surface area contributed by atoms with Gasteiger partial charge in [0, 0.05) is 26.1 Å². The maximum atomic E-state index is 13.4. The van der Waals surface area contributed by atoms with E-state index in [1.807, 2.05) is 68.4 Å². The first-order valence-electron chi connectivity index (χ1n) is 14.4. The second kappa shape index (κ2) is 16.5. The van der Waals surface area contributed by atoms with Crippen molar-refractivity contribution >= 4 is 17.8 Å². The van der Waals surface area contributed by atoms with Crippen LogP contribution in [-0.4, -0.2) is 66.2 Å². The van der Waals surface area contributed by atoms with Crippen LogP contribution in [0.25, 0.3) is 0 Å². The van der Waals surface area contributed by atoms with Gasteiger partial charge in [-0.1, -0.05) is 69.2 Å². The van der Waals surface area contributed by atoms with E-state index in [0.717, 1.165) is 36.8 Å². The van der Waals surface area contributed by atoms with E-state index in [0.29, 0.717) is 31.9 Å². The van der Waals surface area contributed by atoms with Crippen LogP contribution in [0.15, 0.2) is 54.6 Å². The lowest BCUT2D eigenvalue weighted by Crippen LogP contribution is -2.56. The Hall–Kier alpha value is -3.59. The van der Waals surface area contributed by atoms with Gasteiger partial charge in [-0.25, -0.2) is 4.79 Å². The van der Waals surface area contributed by atoms with Crippen LogP contribution in [0.3, 0.4) is 0 Å². The number of nitrogens with one attached hydrogen (secondary N) is 3. The van der Waals surface area contributed by atoms with Crippen LogP contribution in [0.2, 0.25) is 0 Å². The van der Waals surface area contributed by atoms with E-state index >= 15 is 0 Å². The molecule has 0 unspecified atom stereocenters. The van der Waals surface area contributed by atoms with Crippen molar-refractivity contribution in [2.24, 2.45) is 5.92 Å². The molecule has 2 aromatic rings. The van der Waals surface area contributed by atoms with Crippen LogP contribution in [0.4, 0.5) is 4.79 Å². The minimum absolute atomic E-state index is 0.0819. The van der Waals surface area contributed by atoms with Gasteiger partial charge >= 0.3 is 6.03 Å². The van der Waals surface area contributed by atoms with Gasteiger partial charge in [-0.15, -0.1) is 0 Å². The van der Waals surface area contributed by atoms with Crippen molar-refractivity contribution in [1.82, 2.24) is 20.9 Å². The van der Waals surface area contributed by atoms with Gasteiger partial charge in [0.25, 0.3) is 0 Å². The summed E-state index contributed by atoms with van der Waals surface area (Å²) in [5, 5.41) is 17.6. The lowest BCUT2D eigenvalue weighted by Gasteiger charge is -2.27. The van der Waals surface area contributed by atoms with E-state index in [-0.39, 0.29) is 31.5 Å². The normalized spacial score (nSPS) is 15.1. The summed E-state index contributed by atoms with van der Waals surface area (Å²) < 4.78 is 5.86. The molecule has 1 heterocycles. The number of ether oxygens (including phenoxy) is 1. The molecule has 4 N–H and O–H groups in total. The zero-order valence-corrected chi connectivity index (χ0v) is 23.7. The second-order valence-electron chi connectivity index (χ2n) is 10.7. The highest BCUT2D eigenvalue weighted by Crippen LogP contribution is 2.16. The van der Waals surface area contributed by atoms with Crippen LogP contribution >= 0.6 is 0 Å². The summed E-state index contributed by atoms with van der Waals surface area (Å²) in [4.78, 5) is 41.2. The Bertz CT molecular complexity index is 1050. The molecular weight excluding hydrogens is 508 g/mol. The molecule has 2 atom stereocenters. The fourth-order valence-electron chi connectivity index (χ4n) is 4.70. The quantitative estimate of drug-likeness (QED) is 0.304. The van der Waals surface area contributed by atoms with Crippen molar-refractivity contribution in [1.29, 1.82) is 0 Å². The Morgan fingerprint density at radius 1 is 0.850 bits per heavy atom. The van der Waals surface area contributed by atoms with Crippen molar-refractivity contribution < 1.29 is 24.2 Å². The number of nitrogens with zero attached hydrogens (tertiary/aromatic N) is 1. The average Bonchev–Trinajstić information content (AvgIpc) is 3.25. The van der Waals surface area contributed by atoms with E-state index in [4.69, 9.17) is 4.74 Å². The third-order valence-electron chi connectivity index (χ3n) is 6.87. The molecule has 0 bridgehead atoms. The summed E-state index contributed by atoms with van der Waals surface area (Å²) >= 11 is 0. The molecular formula is C31H44N4O5. The number of hydrogen-bond donors (Lipinski definition) is 4. The summed E-state index contributed by atoms with van der Waals surface area (Å²) in [5.74, 6) is 0.0641. The SMILES string of the molecule is CC(C)C[C@H](NC(=O)N1CCCCCC1)C(=O)N[C@@H](Cc1ccc(OCc2ccccc2)cc1)C(=O)NCCO. The lowest BCUT2D eigenvalue weighted by atomic mass is 10.0. The van der Waals surface area contributed by atoms with Crippen LogP contribution in [0.1, 0.15) is 57.1 Å². The van der Waals surface area contributed by atoms with Gasteiger partial charge in [0.2, 0.25) is 11.8 Å². The molecule has 9 nitrogen and oxygen atoms in total. The van der Waals surface area contributed by atoms with Crippen LogP contribution in [0, 0.1) is 5.92 Å². The van der Waals surface area contributed by atoms with Gasteiger partial charge in [-0.05, 0) is 48.4 Å². The second-order valence-corrected chi connectivity index (χ2v) is 10.7. The Morgan fingerprint density at radius 3 is 2.15 bits per heavy atom. The van der Waals surface area contributed by atoms with Gasteiger partial charge in [0.05, 0.1) is 6.61 Å². The highest BCUT2D eigenvalue weighted by molar-refractivity contribution is 5.92. The molecule has 0 spiro atoms. The van der Waals surface area contributed by atoms with Crippen molar-refractivity contribution in [3.05, 3.63) is 65.7 Å². The first kappa shape index (κ1) is 30.9. The van der Waals surface area contributed by atoms with E-state index < -0.39 is 23.9 Å². The molecule has 218 valence electrons. The molecule has 9 heteroatoms. The summed E-state index contributed by atoms with van der Waals surface area (Å²) in [7, 11) is 0. The Labute approximate surface area is 237 Å². The summed E-state index contributed by atoms with van der Waals surface area (Å²) in [5.41, 5.74) is 1.90. The van der Waals surface area contributed by atoms with Crippen molar-refractivity contribution in [3.8, 4) is 5.75 Å². The maximum absolute atomic E-state index is 13.4. The zero-order valence-electron chi connectivity index (χ0n) is 23.7. The van der Waals surface area contributed by atoms with Crippen LogP contribution in [-0.2, 0) is 22.6 Å².